The fourth-order valence-electron chi connectivity index (χ4n) is 1.82. The van der Waals surface area contributed by atoms with Crippen LogP contribution in [0.4, 0.5) is 10.5 Å². The molecule has 0 aliphatic rings. The van der Waals surface area contributed by atoms with Crippen molar-refractivity contribution in [1.29, 1.82) is 0 Å². The van der Waals surface area contributed by atoms with Crippen molar-refractivity contribution < 1.29 is 9.53 Å². The van der Waals surface area contributed by atoms with Gasteiger partial charge in [0, 0.05) is 5.69 Å². The third-order valence-corrected chi connectivity index (χ3v) is 2.86. The highest BCUT2D eigenvalue weighted by atomic mass is 16.5. The van der Waals surface area contributed by atoms with Crippen molar-refractivity contribution in [3.63, 3.8) is 0 Å². The fraction of sp³-hybridized carbons (Fsp3) is 0.188. The first-order valence-electron chi connectivity index (χ1n) is 6.60. The Morgan fingerprint density at radius 1 is 1.05 bits per heavy atom. The number of urea groups is 1. The van der Waals surface area contributed by atoms with Crippen LogP contribution in [0.1, 0.15) is 12.5 Å². The molecule has 104 valence electrons. The van der Waals surface area contributed by atoms with E-state index >= 15 is 0 Å². The van der Waals surface area contributed by atoms with Crippen molar-refractivity contribution in [3.05, 3.63) is 60.2 Å². The second kappa shape index (κ2) is 7.19. The van der Waals surface area contributed by atoms with Gasteiger partial charge in [0.2, 0.25) is 0 Å². The number of hydrogen-bond acceptors (Lipinski definition) is 2. The molecule has 0 fully saturated rings. The Bertz CT molecular complexity index is 555. The minimum absolute atomic E-state index is 0.129. The van der Waals surface area contributed by atoms with E-state index in [1.807, 2.05) is 54.6 Å². The summed E-state index contributed by atoms with van der Waals surface area (Å²) >= 11 is 0. The number of para-hydroxylation sites is 2. The summed E-state index contributed by atoms with van der Waals surface area (Å²) in [6.07, 6.45) is 0.872. The van der Waals surface area contributed by atoms with E-state index in [1.54, 1.807) is 0 Å². The van der Waals surface area contributed by atoms with E-state index < -0.39 is 0 Å². The standard InChI is InChI=1S/C16H18N2O2/c1-2-13-8-6-7-11-15(13)18-16(19)17-12-20-14-9-4-3-5-10-14/h3-11H,2,12H2,1H3,(H2,17,18,19). The lowest BCUT2D eigenvalue weighted by atomic mass is 10.1. The summed E-state index contributed by atoms with van der Waals surface area (Å²) in [7, 11) is 0. The number of carbonyl (C=O) groups excluding carboxylic acids is 1. The highest BCUT2D eigenvalue weighted by Gasteiger charge is 2.04. The smallest absolute Gasteiger partial charge is 0.321 e. The zero-order valence-corrected chi connectivity index (χ0v) is 11.4. The maximum atomic E-state index is 11.8. The average Bonchev–Trinajstić information content (AvgIpc) is 2.49. The first-order chi connectivity index (χ1) is 9.79. The predicted molar refractivity (Wildman–Crippen MR) is 79.9 cm³/mol. The quantitative estimate of drug-likeness (QED) is 0.818. The molecular weight excluding hydrogens is 252 g/mol. The zero-order chi connectivity index (χ0) is 14.2. The lowest BCUT2D eigenvalue weighted by Gasteiger charge is -2.11. The molecule has 2 amide bonds. The van der Waals surface area contributed by atoms with E-state index in [0.29, 0.717) is 0 Å². The molecule has 4 heteroatoms. The van der Waals surface area contributed by atoms with Gasteiger partial charge >= 0.3 is 6.03 Å². The Kier molecular flexibility index (Phi) is 5.00. The molecule has 20 heavy (non-hydrogen) atoms. The molecule has 0 aliphatic heterocycles. The second-order valence-corrected chi connectivity index (χ2v) is 4.24. The Morgan fingerprint density at radius 2 is 1.75 bits per heavy atom. The lowest BCUT2D eigenvalue weighted by molar-refractivity contribution is 0.234. The van der Waals surface area contributed by atoms with Crippen LogP contribution in [0.15, 0.2) is 54.6 Å². The maximum Gasteiger partial charge on any atom is 0.321 e. The summed E-state index contributed by atoms with van der Waals surface area (Å²) in [4.78, 5) is 11.8. The van der Waals surface area contributed by atoms with Crippen LogP contribution in [0.2, 0.25) is 0 Å². The molecule has 0 radical (unpaired) electrons. The summed E-state index contributed by atoms with van der Waals surface area (Å²) < 4.78 is 5.40. The van der Waals surface area contributed by atoms with Crippen molar-refractivity contribution in [2.24, 2.45) is 0 Å². The van der Waals surface area contributed by atoms with Gasteiger partial charge < -0.3 is 15.4 Å². The van der Waals surface area contributed by atoms with Crippen molar-refractivity contribution in [2.45, 2.75) is 13.3 Å². The molecular formula is C16H18N2O2. The van der Waals surface area contributed by atoms with Crippen LogP contribution in [-0.4, -0.2) is 12.8 Å². The first kappa shape index (κ1) is 13.9. The van der Waals surface area contributed by atoms with Crippen LogP contribution in [0.25, 0.3) is 0 Å². The summed E-state index contributed by atoms with van der Waals surface area (Å²) in [6, 6.07) is 16.8. The number of ether oxygens (including phenoxy) is 1. The largest absolute Gasteiger partial charge is 0.473 e. The van der Waals surface area contributed by atoms with E-state index in [-0.39, 0.29) is 12.8 Å². The molecule has 0 saturated heterocycles. The number of hydrogen-bond donors (Lipinski definition) is 2. The summed E-state index contributed by atoms with van der Waals surface area (Å²) in [6.45, 7) is 2.18. The Hall–Kier alpha value is -2.49. The summed E-state index contributed by atoms with van der Waals surface area (Å²) in [5, 5.41) is 5.48. The second-order valence-electron chi connectivity index (χ2n) is 4.24. The van der Waals surface area contributed by atoms with Gasteiger partial charge in [-0.2, -0.15) is 0 Å². The van der Waals surface area contributed by atoms with Crippen LogP contribution in [0, 0.1) is 0 Å². The van der Waals surface area contributed by atoms with Gasteiger partial charge in [-0.1, -0.05) is 43.3 Å². The molecule has 0 aliphatic carbocycles. The molecule has 0 atom stereocenters. The highest BCUT2D eigenvalue weighted by Crippen LogP contribution is 2.15. The zero-order valence-electron chi connectivity index (χ0n) is 11.4. The predicted octanol–water partition coefficient (Wildman–Crippen LogP) is 3.41. The minimum atomic E-state index is -0.276. The Labute approximate surface area is 118 Å². The lowest BCUT2D eigenvalue weighted by Crippen LogP contribution is -2.32. The van der Waals surface area contributed by atoms with E-state index in [1.165, 1.54) is 0 Å². The van der Waals surface area contributed by atoms with Gasteiger partial charge in [0.15, 0.2) is 6.73 Å². The topological polar surface area (TPSA) is 50.4 Å². The number of amides is 2. The molecule has 4 nitrogen and oxygen atoms in total. The molecule has 2 aromatic rings. The third kappa shape index (κ3) is 4.02. The maximum absolute atomic E-state index is 11.8. The van der Waals surface area contributed by atoms with Crippen LogP contribution < -0.4 is 15.4 Å². The number of aryl methyl sites for hydroxylation is 1. The van der Waals surface area contributed by atoms with Crippen molar-refractivity contribution in [1.82, 2.24) is 5.32 Å². The summed E-state index contributed by atoms with van der Waals surface area (Å²) in [5.74, 6) is 0.724. The van der Waals surface area contributed by atoms with Crippen LogP contribution in [-0.2, 0) is 6.42 Å². The van der Waals surface area contributed by atoms with E-state index in [9.17, 15) is 4.79 Å². The van der Waals surface area contributed by atoms with Crippen molar-refractivity contribution in [3.8, 4) is 5.75 Å². The number of nitrogens with one attached hydrogen (secondary N) is 2. The van der Waals surface area contributed by atoms with Crippen LogP contribution in [0.3, 0.4) is 0 Å². The van der Waals surface area contributed by atoms with E-state index in [2.05, 4.69) is 17.6 Å². The molecule has 0 bridgehead atoms. The fourth-order valence-corrected chi connectivity index (χ4v) is 1.82. The van der Waals surface area contributed by atoms with Crippen LogP contribution in [0.5, 0.6) is 5.75 Å². The molecule has 2 rings (SSSR count). The van der Waals surface area contributed by atoms with Gasteiger partial charge in [0.25, 0.3) is 0 Å². The summed E-state index contributed by atoms with van der Waals surface area (Å²) in [5.41, 5.74) is 1.93. The van der Waals surface area contributed by atoms with Gasteiger partial charge in [-0.3, -0.25) is 0 Å². The molecule has 0 unspecified atom stereocenters. The van der Waals surface area contributed by atoms with Crippen molar-refractivity contribution in [2.75, 3.05) is 12.0 Å². The first-order valence-corrected chi connectivity index (χ1v) is 6.60. The molecule has 0 heterocycles. The molecule has 2 aromatic carbocycles. The normalized spacial score (nSPS) is 9.85. The molecule has 2 N–H and O–H groups in total. The number of anilines is 1. The van der Waals surface area contributed by atoms with Gasteiger partial charge in [-0.15, -0.1) is 0 Å². The Morgan fingerprint density at radius 3 is 2.50 bits per heavy atom. The van der Waals surface area contributed by atoms with Gasteiger partial charge in [-0.25, -0.2) is 4.79 Å². The number of benzene rings is 2. The van der Waals surface area contributed by atoms with Gasteiger partial charge in [0.05, 0.1) is 0 Å². The average molecular weight is 270 g/mol. The monoisotopic (exact) mass is 270 g/mol. The highest BCUT2D eigenvalue weighted by molar-refractivity contribution is 5.89. The third-order valence-electron chi connectivity index (χ3n) is 2.86. The number of carbonyl (C=O) groups is 1. The van der Waals surface area contributed by atoms with Crippen LogP contribution >= 0.6 is 0 Å². The minimum Gasteiger partial charge on any atom is -0.473 e. The van der Waals surface area contributed by atoms with Gasteiger partial charge in [-0.05, 0) is 30.2 Å². The van der Waals surface area contributed by atoms with E-state index in [0.717, 1.165) is 23.4 Å². The van der Waals surface area contributed by atoms with Gasteiger partial charge in [0.1, 0.15) is 5.75 Å². The Balaban J connectivity index is 1.81. The van der Waals surface area contributed by atoms with E-state index in [4.69, 9.17) is 4.74 Å². The SMILES string of the molecule is CCc1ccccc1NC(=O)NCOc1ccccc1. The molecule has 0 saturated carbocycles. The number of rotatable bonds is 5. The molecule has 0 aromatic heterocycles. The molecule has 0 spiro atoms. The van der Waals surface area contributed by atoms with Crippen molar-refractivity contribution >= 4 is 11.7 Å².